The molecule has 7 heavy (non-hydrogen) atoms. The molecular formula is CH3O5Zr. The van der Waals surface area contributed by atoms with Crippen LogP contribution in [0.4, 0.5) is 4.79 Å². The van der Waals surface area contributed by atoms with Gasteiger partial charge in [-0.3, -0.25) is 0 Å². The van der Waals surface area contributed by atoms with E-state index in [1.165, 1.54) is 0 Å². The number of carbonyl (C=O) groups is 1. The Bertz CT molecular complexity index is 31.1. The van der Waals surface area contributed by atoms with Crippen molar-refractivity contribution in [3.05, 3.63) is 0 Å². The van der Waals surface area contributed by atoms with Crippen molar-refractivity contribution < 1.29 is 52.2 Å². The first kappa shape index (κ1) is 27.6. The molecule has 0 aromatic heterocycles. The van der Waals surface area contributed by atoms with E-state index in [4.69, 9.17) is 15.0 Å². The molecule has 0 aliphatic rings. The van der Waals surface area contributed by atoms with Crippen LogP contribution in [0.5, 0.6) is 0 Å². The fourth-order valence-corrected chi connectivity index (χ4v) is 0. The van der Waals surface area contributed by atoms with Crippen LogP contribution >= 0.6 is 0 Å². The molecule has 0 atom stereocenters. The Hall–Kier alpha value is 0.0731. The molecule has 1 radical (unpaired) electrons. The van der Waals surface area contributed by atoms with Crippen molar-refractivity contribution in [3.8, 4) is 0 Å². The van der Waals surface area contributed by atoms with Gasteiger partial charge in [0.2, 0.25) is 0 Å². The molecule has 3 N–H and O–H groups in total. The molecule has 6 heteroatoms. The first-order valence-electron chi connectivity index (χ1n) is 0.612. The van der Waals surface area contributed by atoms with Gasteiger partial charge >= 0.3 is 26.2 Å². The number of carbonyl (C=O) groups excluding carboxylic acids is 1. The van der Waals surface area contributed by atoms with Gasteiger partial charge in [-0.1, -0.05) is 0 Å². The molecule has 0 aliphatic heterocycles. The molecule has 0 heterocycles. The van der Waals surface area contributed by atoms with Gasteiger partial charge in [-0.25, -0.2) is 0 Å². The maximum atomic E-state index is 8.33. The predicted octanol–water partition coefficient (Wildman–Crippen LogP) is -3.45. The van der Waals surface area contributed by atoms with Gasteiger partial charge in [0.1, 0.15) is 0 Å². The summed E-state index contributed by atoms with van der Waals surface area (Å²) < 4.78 is 0. The Kier molecular flexibility index (Phi) is 65.3. The summed E-state index contributed by atoms with van der Waals surface area (Å²) >= 11 is 0. The van der Waals surface area contributed by atoms with Crippen molar-refractivity contribution in [3.63, 3.8) is 0 Å². The van der Waals surface area contributed by atoms with E-state index in [0.29, 0.717) is 0 Å². The van der Waals surface area contributed by atoms with E-state index in [1.807, 2.05) is 0 Å². The van der Waals surface area contributed by atoms with E-state index in [9.17, 15) is 0 Å². The second-order valence-electron chi connectivity index (χ2n) is 0.250. The zero-order valence-electron chi connectivity index (χ0n) is 3.17. The summed E-state index contributed by atoms with van der Waals surface area (Å²) in [6.45, 7) is 0. The molecule has 0 saturated carbocycles. The van der Waals surface area contributed by atoms with Crippen molar-refractivity contribution in [2.75, 3.05) is 0 Å². The molecule has 5 nitrogen and oxygen atoms in total. The van der Waals surface area contributed by atoms with Crippen LogP contribution in [0.2, 0.25) is 0 Å². The summed E-state index contributed by atoms with van der Waals surface area (Å²) in [5, 5.41) is 16.7. The zero-order chi connectivity index (χ0) is 3.58. The number of hydrogen-bond acceptors (Lipinski definition) is 4. The Balaban J connectivity index is -0.0000000150. The normalized spacial score (nSPS) is 3.43. The third-order valence-corrected chi connectivity index (χ3v) is 0. The Morgan fingerprint density at radius 1 is 1.29 bits per heavy atom. The van der Waals surface area contributed by atoms with Crippen LogP contribution in [0.25, 0.3) is 0 Å². The van der Waals surface area contributed by atoms with Gasteiger partial charge in [-0.05, 0) is 6.16 Å². The van der Waals surface area contributed by atoms with E-state index in [2.05, 4.69) is 0 Å². The van der Waals surface area contributed by atoms with Crippen LogP contribution in [0, 0.1) is 0 Å². The van der Waals surface area contributed by atoms with Crippen LogP contribution < -0.4 is 10.2 Å². The van der Waals surface area contributed by atoms with E-state index < -0.39 is 6.16 Å². The molecule has 0 saturated heterocycles. The Morgan fingerprint density at radius 3 is 1.29 bits per heavy atom. The molecule has 0 aromatic carbocycles. The van der Waals surface area contributed by atoms with Crippen LogP contribution in [0.3, 0.4) is 0 Å². The van der Waals surface area contributed by atoms with E-state index in [-0.39, 0.29) is 37.2 Å². The second-order valence-corrected chi connectivity index (χ2v) is 0.250. The molecule has 0 aliphatic carbocycles. The van der Waals surface area contributed by atoms with Crippen LogP contribution in [-0.4, -0.2) is 17.1 Å². The molecule has 0 unspecified atom stereocenters. The Morgan fingerprint density at radius 2 is 1.29 bits per heavy atom. The second kappa shape index (κ2) is 16.6. The molecular weight excluding hydrogens is 183 g/mol. The van der Waals surface area contributed by atoms with Gasteiger partial charge in [0.25, 0.3) is 0 Å². The minimum Gasteiger partial charge on any atom is -0.870 e. The number of rotatable bonds is 0. The van der Waals surface area contributed by atoms with Gasteiger partial charge in [-0.15, -0.1) is 0 Å². The molecule has 41 valence electrons. The predicted molar refractivity (Wildman–Crippen MR) is 10.9 cm³/mol. The van der Waals surface area contributed by atoms with Crippen LogP contribution in [-0.2, 0) is 26.2 Å². The zero-order valence-corrected chi connectivity index (χ0v) is 5.63. The standard InChI is InChI=1S/CH2O3.2H2O.Zr/c2-1(3)4;;;/h(H2,2,3,4);2*1H2;/q;;;+3/p-3. The van der Waals surface area contributed by atoms with Crippen LogP contribution in [0.1, 0.15) is 0 Å². The van der Waals surface area contributed by atoms with E-state index in [1.54, 1.807) is 0 Å². The molecule has 0 amide bonds. The summed E-state index contributed by atoms with van der Waals surface area (Å²) in [6, 6.07) is 0. The largest absolute Gasteiger partial charge is 3.00 e. The molecule has 0 bridgehead atoms. The Labute approximate surface area is 58.7 Å². The first-order chi connectivity index (χ1) is 1.73. The SMILES string of the molecule is O.O=C([O-])[O-].[OH-].[Zr+3]. The van der Waals surface area contributed by atoms with Crippen LogP contribution in [0.15, 0.2) is 0 Å². The fraction of sp³-hybridized carbons (Fsp3) is 0. The molecule has 0 rings (SSSR count). The monoisotopic (exact) mass is 185 g/mol. The summed E-state index contributed by atoms with van der Waals surface area (Å²) in [6.07, 6.45) is -2.33. The molecule has 0 fully saturated rings. The number of carboxylic acid groups (broad SMARTS) is 2. The van der Waals surface area contributed by atoms with E-state index >= 15 is 0 Å². The number of hydrogen-bond donors (Lipinski definition) is 0. The average molecular weight is 186 g/mol. The van der Waals surface area contributed by atoms with Crippen molar-refractivity contribution in [1.29, 1.82) is 0 Å². The molecule has 0 aromatic rings. The van der Waals surface area contributed by atoms with Crippen molar-refractivity contribution in [2.45, 2.75) is 0 Å². The van der Waals surface area contributed by atoms with Crippen molar-refractivity contribution in [1.82, 2.24) is 0 Å². The summed E-state index contributed by atoms with van der Waals surface area (Å²) in [7, 11) is 0. The van der Waals surface area contributed by atoms with Crippen molar-refractivity contribution >= 4 is 6.16 Å². The molecule has 0 spiro atoms. The minimum atomic E-state index is -2.33. The van der Waals surface area contributed by atoms with Gasteiger partial charge < -0.3 is 26.0 Å². The average Bonchev–Trinajstić information content (AvgIpc) is 0.811. The summed E-state index contributed by atoms with van der Waals surface area (Å²) in [5.74, 6) is 0. The van der Waals surface area contributed by atoms with Gasteiger partial charge in [0.05, 0.1) is 0 Å². The third-order valence-electron chi connectivity index (χ3n) is 0. The summed E-state index contributed by atoms with van der Waals surface area (Å²) in [4.78, 5) is 8.33. The topological polar surface area (TPSA) is 125 Å². The first-order valence-corrected chi connectivity index (χ1v) is 0.612. The smallest absolute Gasteiger partial charge is 0.870 e. The fourth-order valence-electron chi connectivity index (χ4n) is 0. The van der Waals surface area contributed by atoms with Gasteiger partial charge in [0.15, 0.2) is 0 Å². The van der Waals surface area contributed by atoms with Crippen molar-refractivity contribution in [2.24, 2.45) is 0 Å². The maximum absolute atomic E-state index is 8.33. The van der Waals surface area contributed by atoms with Gasteiger partial charge in [0, 0.05) is 0 Å². The van der Waals surface area contributed by atoms with E-state index in [0.717, 1.165) is 0 Å². The summed E-state index contributed by atoms with van der Waals surface area (Å²) in [5.41, 5.74) is 0. The maximum Gasteiger partial charge on any atom is 3.00 e. The minimum absolute atomic E-state index is 0. The quantitative estimate of drug-likeness (QED) is 0.390. The third kappa shape index (κ3) is 18800. The van der Waals surface area contributed by atoms with Gasteiger partial charge in [-0.2, -0.15) is 0 Å².